The van der Waals surface area contributed by atoms with Gasteiger partial charge in [0.25, 0.3) is 0 Å². The molecule has 0 bridgehead atoms. The average Bonchev–Trinajstić information content (AvgIpc) is 2.58. The number of nitrogens with one attached hydrogen (secondary N) is 1. The average molecular weight is 439 g/mol. The Morgan fingerprint density at radius 1 is 1.36 bits per heavy atom. The second-order valence-electron chi connectivity index (χ2n) is 6.89. The van der Waals surface area contributed by atoms with Crippen LogP contribution >= 0.6 is 11.6 Å². The highest BCUT2D eigenvalue weighted by atomic mass is 35.5. The summed E-state index contributed by atoms with van der Waals surface area (Å²) >= 11 is 6.18. The van der Waals surface area contributed by atoms with Gasteiger partial charge in [-0.25, -0.2) is 13.2 Å². The zero-order valence-corrected chi connectivity index (χ0v) is 17.0. The van der Waals surface area contributed by atoms with Gasteiger partial charge in [-0.15, -0.1) is 0 Å². The first-order valence-corrected chi connectivity index (χ1v) is 11.0. The highest BCUT2D eigenvalue weighted by Gasteiger charge is 2.46. The van der Waals surface area contributed by atoms with Crippen LogP contribution in [-0.4, -0.2) is 44.4 Å². The van der Waals surface area contributed by atoms with Crippen LogP contribution in [0.3, 0.4) is 0 Å². The van der Waals surface area contributed by atoms with Crippen LogP contribution in [0, 0.1) is 5.92 Å². The fraction of sp³-hybridized carbons (Fsp3) is 0.500. The molecule has 5 nitrogen and oxygen atoms in total. The van der Waals surface area contributed by atoms with E-state index in [1.807, 2.05) is 0 Å². The van der Waals surface area contributed by atoms with Gasteiger partial charge in [-0.1, -0.05) is 35.9 Å². The molecule has 1 aliphatic heterocycles. The zero-order chi connectivity index (χ0) is 21.1. The van der Waals surface area contributed by atoms with Crippen molar-refractivity contribution in [1.29, 1.82) is 0 Å². The molecule has 28 heavy (non-hydrogen) atoms. The van der Waals surface area contributed by atoms with Crippen LogP contribution in [0.15, 0.2) is 35.7 Å². The molecule has 1 heterocycles. The molecule has 0 aromatic heterocycles. The molecule has 1 fully saturated rings. The van der Waals surface area contributed by atoms with Crippen molar-refractivity contribution < 1.29 is 26.4 Å². The molecule has 1 aliphatic rings. The van der Waals surface area contributed by atoms with Crippen LogP contribution in [0.5, 0.6) is 0 Å². The lowest BCUT2D eigenvalue weighted by Gasteiger charge is -2.40. The van der Waals surface area contributed by atoms with Gasteiger partial charge in [0, 0.05) is 29.3 Å². The largest absolute Gasteiger partial charge is 0.391 e. The molecule has 2 amide bonds. The van der Waals surface area contributed by atoms with Gasteiger partial charge in [-0.05, 0) is 31.4 Å². The van der Waals surface area contributed by atoms with Gasteiger partial charge in [-0.3, -0.25) is 0 Å². The molecule has 0 radical (unpaired) electrons. The summed E-state index contributed by atoms with van der Waals surface area (Å²) in [6, 6.07) is 4.48. The van der Waals surface area contributed by atoms with E-state index in [4.69, 9.17) is 11.6 Å². The van der Waals surface area contributed by atoms with Gasteiger partial charge in [0.2, 0.25) is 0 Å². The zero-order valence-electron chi connectivity index (χ0n) is 15.4. The first kappa shape index (κ1) is 22.5. The Labute approximate surface area is 167 Å². The minimum atomic E-state index is -4.35. The van der Waals surface area contributed by atoms with E-state index in [0.29, 0.717) is 5.56 Å². The summed E-state index contributed by atoms with van der Waals surface area (Å²) in [6.45, 7) is 1.49. The number of carbonyl (C=O) groups is 1. The minimum absolute atomic E-state index is 0.0889. The molecule has 1 N–H and O–H groups in total. The summed E-state index contributed by atoms with van der Waals surface area (Å²) in [7, 11) is -3.35. The van der Waals surface area contributed by atoms with E-state index in [-0.39, 0.29) is 24.4 Å². The lowest BCUT2D eigenvalue weighted by Crippen LogP contribution is -2.50. The first-order chi connectivity index (χ1) is 12.9. The van der Waals surface area contributed by atoms with Crippen molar-refractivity contribution in [2.24, 2.45) is 5.92 Å². The molecule has 1 aromatic rings. The van der Waals surface area contributed by atoms with Crippen LogP contribution in [-0.2, 0) is 9.84 Å². The van der Waals surface area contributed by atoms with Crippen molar-refractivity contribution in [2.75, 3.05) is 12.8 Å². The molecule has 0 spiro atoms. The Morgan fingerprint density at radius 3 is 2.57 bits per heavy atom. The van der Waals surface area contributed by atoms with E-state index in [9.17, 15) is 26.4 Å². The summed E-state index contributed by atoms with van der Waals surface area (Å²) in [4.78, 5) is 14.0. The van der Waals surface area contributed by atoms with Gasteiger partial charge in [0.15, 0.2) is 9.84 Å². The normalized spacial score (nSPS) is 22.3. The van der Waals surface area contributed by atoms with Crippen LogP contribution in [0.25, 0.3) is 0 Å². The van der Waals surface area contributed by atoms with Gasteiger partial charge in [0.05, 0.1) is 12.0 Å². The molecule has 3 atom stereocenters. The SMILES string of the molecule is CC(/C=C/S(C)(=O)=O)NC(=O)N1CC[C@H](C(F)(F)F)C[C@@H]1c1ccccc1Cl. The van der Waals surface area contributed by atoms with E-state index in [0.717, 1.165) is 11.7 Å². The molecule has 0 saturated carbocycles. The van der Waals surface area contributed by atoms with E-state index in [1.165, 1.54) is 11.0 Å². The number of carbonyl (C=O) groups excluding carboxylic acids is 1. The second-order valence-corrected chi connectivity index (χ2v) is 9.23. The Hall–Kier alpha value is -1.74. The molecular formula is C18H22ClF3N2O3S. The number of alkyl halides is 3. The number of nitrogens with zero attached hydrogens (tertiary/aromatic N) is 1. The number of sulfone groups is 1. The fourth-order valence-electron chi connectivity index (χ4n) is 3.13. The van der Waals surface area contributed by atoms with Crippen molar-refractivity contribution in [3.63, 3.8) is 0 Å². The third kappa shape index (κ3) is 6.13. The number of hydrogen-bond acceptors (Lipinski definition) is 3. The molecule has 1 saturated heterocycles. The molecule has 0 aliphatic carbocycles. The van der Waals surface area contributed by atoms with Crippen LogP contribution in [0.1, 0.15) is 31.4 Å². The number of halogens is 4. The fourth-order valence-corrected chi connectivity index (χ4v) is 3.92. The molecular weight excluding hydrogens is 417 g/mol. The molecule has 10 heteroatoms. The highest BCUT2D eigenvalue weighted by Crippen LogP contribution is 2.43. The topological polar surface area (TPSA) is 66.5 Å². The lowest BCUT2D eigenvalue weighted by atomic mass is 9.86. The molecule has 1 unspecified atom stereocenters. The Bertz CT molecular complexity index is 843. The number of amides is 2. The summed E-state index contributed by atoms with van der Waals surface area (Å²) in [6.07, 6.45) is -2.51. The monoisotopic (exact) mass is 438 g/mol. The Morgan fingerprint density at radius 2 is 2.00 bits per heavy atom. The molecule has 2 rings (SSSR count). The summed E-state index contributed by atoms with van der Waals surface area (Å²) in [5, 5.41) is 3.87. The first-order valence-electron chi connectivity index (χ1n) is 8.65. The van der Waals surface area contributed by atoms with Crippen LogP contribution < -0.4 is 5.32 Å². The predicted octanol–water partition coefficient (Wildman–Crippen LogP) is 4.31. The van der Waals surface area contributed by atoms with Crippen molar-refractivity contribution >= 4 is 27.5 Å². The minimum Gasteiger partial charge on any atom is -0.332 e. The quantitative estimate of drug-likeness (QED) is 0.761. The Balaban J connectivity index is 2.24. The molecule has 156 valence electrons. The number of urea groups is 1. The number of piperidine rings is 1. The number of benzene rings is 1. The van der Waals surface area contributed by atoms with E-state index >= 15 is 0 Å². The number of rotatable bonds is 4. The maximum atomic E-state index is 13.3. The van der Waals surface area contributed by atoms with Crippen molar-refractivity contribution in [3.05, 3.63) is 46.3 Å². The van der Waals surface area contributed by atoms with Crippen molar-refractivity contribution in [3.8, 4) is 0 Å². The smallest absolute Gasteiger partial charge is 0.332 e. The lowest BCUT2D eigenvalue weighted by molar-refractivity contribution is -0.188. The van der Waals surface area contributed by atoms with Crippen molar-refractivity contribution in [2.45, 2.75) is 38.0 Å². The van der Waals surface area contributed by atoms with Gasteiger partial charge in [0.1, 0.15) is 0 Å². The van der Waals surface area contributed by atoms with Gasteiger partial charge < -0.3 is 10.2 Å². The maximum absolute atomic E-state index is 13.3. The number of likely N-dealkylation sites (tertiary alicyclic amines) is 1. The third-order valence-corrected chi connectivity index (χ3v) is 5.55. The predicted molar refractivity (Wildman–Crippen MR) is 102 cm³/mol. The second kappa shape index (κ2) is 8.73. The summed E-state index contributed by atoms with van der Waals surface area (Å²) in [5.41, 5.74) is 0.451. The van der Waals surface area contributed by atoms with Gasteiger partial charge >= 0.3 is 12.2 Å². The standard InChI is InChI=1S/C18H22ClF3N2O3S/c1-12(8-10-28(2,26)27)23-17(25)24-9-7-13(18(20,21)22)11-16(24)14-5-3-4-6-15(14)19/h3-6,8,10,12-13,16H,7,9,11H2,1-2H3,(H,23,25)/b10-8+/t12?,13-,16+/m0/s1. The van der Waals surface area contributed by atoms with E-state index in [2.05, 4.69) is 5.32 Å². The summed E-state index contributed by atoms with van der Waals surface area (Å²) < 4.78 is 62.2. The molecule has 1 aromatic carbocycles. The van der Waals surface area contributed by atoms with Crippen LogP contribution in [0.2, 0.25) is 5.02 Å². The van der Waals surface area contributed by atoms with Crippen LogP contribution in [0.4, 0.5) is 18.0 Å². The van der Waals surface area contributed by atoms with Gasteiger partial charge in [-0.2, -0.15) is 13.2 Å². The Kier molecular flexibility index (Phi) is 7.03. The van der Waals surface area contributed by atoms with Crippen molar-refractivity contribution in [1.82, 2.24) is 10.2 Å². The number of hydrogen-bond donors (Lipinski definition) is 1. The highest BCUT2D eigenvalue weighted by molar-refractivity contribution is 7.93. The third-order valence-electron chi connectivity index (χ3n) is 4.56. The van der Waals surface area contributed by atoms with E-state index in [1.54, 1.807) is 31.2 Å². The summed E-state index contributed by atoms with van der Waals surface area (Å²) in [5.74, 6) is -1.53. The maximum Gasteiger partial charge on any atom is 0.391 e. The van der Waals surface area contributed by atoms with E-state index < -0.39 is 40.0 Å².